The van der Waals surface area contributed by atoms with Crippen LogP contribution in [0, 0.1) is 11.8 Å². The van der Waals surface area contributed by atoms with Crippen molar-refractivity contribution in [3.63, 3.8) is 0 Å². The fourth-order valence-corrected chi connectivity index (χ4v) is 0.940. The van der Waals surface area contributed by atoms with Crippen molar-refractivity contribution >= 4 is 11.9 Å². The summed E-state index contributed by atoms with van der Waals surface area (Å²) in [6, 6.07) is 0. The van der Waals surface area contributed by atoms with Gasteiger partial charge in [0.25, 0.3) is 0 Å². The average molecular weight is 213 g/mol. The summed E-state index contributed by atoms with van der Waals surface area (Å²) in [4.78, 5) is 22.2. The van der Waals surface area contributed by atoms with Gasteiger partial charge < -0.3 is 10.5 Å². The zero-order valence-corrected chi connectivity index (χ0v) is 9.74. The first kappa shape index (κ1) is 13.7. The van der Waals surface area contributed by atoms with Crippen LogP contribution in [0.4, 0.5) is 0 Å². The van der Waals surface area contributed by atoms with Crippen molar-refractivity contribution in [1.29, 1.82) is 0 Å². The van der Waals surface area contributed by atoms with E-state index in [9.17, 15) is 9.59 Å². The van der Waals surface area contributed by atoms with Crippen LogP contribution in [0.15, 0.2) is 11.6 Å². The third-order valence-corrected chi connectivity index (χ3v) is 1.70. The Morgan fingerprint density at radius 3 is 2.13 bits per heavy atom. The highest BCUT2D eigenvalue weighted by molar-refractivity contribution is 5.98. The minimum Gasteiger partial charge on any atom is -0.462 e. The van der Waals surface area contributed by atoms with E-state index in [0.29, 0.717) is 12.2 Å². The molecule has 0 radical (unpaired) electrons. The van der Waals surface area contributed by atoms with E-state index < -0.39 is 11.9 Å². The lowest BCUT2D eigenvalue weighted by Crippen LogP contribution is -2.18. The second kappa shape index (κ2) is 6.22. The molecule has 0 atom stereocenters. The fourth-order valence-electron chi connectivity index (χ4n) is 0.940. The van der Waals surface area contributed by atoms with Gasteiger partial charge >= 0.3 is 5.97 Å². The topological polar surface area (TPSA) is 69.4 Å². The van der Waals surface area contributed by atoms with Gasteiger partial charge in [-0.15, -0.1) is 0 Å². The van der Waals surface area contributed by atoms with Gasteiger partial charge in [-0.05, 0) is 11.8 Å². The number of ether oxygens (including phenoxy) is 1. The average Bonchev–Trinajstić information content (AvgIpc) is 2.09. The molecule has 0 saturated heterocycles. The predicted octanol–water partition coefficient (Wildman–Crippen LogP) is 1.25. The van der Waals surface area contributed by atoms with Gasteiger partial charge in [0.1, 0.15) is 0 Å². The van der Waals surface area contributed by atoms with Crippen LogP contribution in [0.5, 0.6) is 0 Å². The SMILES string of the molecule is CC(C)COC(=O)/C(=C\C(N)=O)C(C)C. The van der Waals surface area contributed by atoms with E-state index in [2.05, 4.69) is 0 Å². The van der Waals surface area contributed by atoms with Crippen molar-refractivity contribution in [1.82, 2.24) is 0 Å². The van der Waals surface area contributed by atoms with Crippen molar-refractivity contribution in [2.75, 3.05) is 6.61 Å². The second-order valence-electron chi connectivity index (χ2n) is 4.15. The minimum absolute atomic E-state index is 0.0721. The first-order valence-corrected chi connectivity index (χ1v) is 5.02. The van der Waals surface area contributed by atoms with E-state index in [1.807, 2.05) is 27.7 Å². The van der Waals surface area contributed by atoms with E-state index in [0.717, 1.165) is 6.08 Å². The highest BCUT2D eigenvalue weighted by Crippen LogP contribution is 2.11. The quantitative estimate of drug-likeness (QED) is 0.552. The number of nitrogens with two attached hydrogens (primary N) is 1. The highest BCUT2D eigenvalue weighted by atomic mass is 16.5. The molecule has 0 rings (SSSR count). The molecule has 1 amide bonds. The predicted molar refractivity (Wildman–Crippen MR) is 57.9 cm³/mol. The molecule has 0 aromatic heterocycles. The third-order valence-electron chi connectivity index (χ3n) is 1.70. The molecule has 15 heavy (non-hydrogen) atoms. The van der Waals surface area contributed by atoms with Crippen molar-refractivity contribution in [2.45, 2.75) is 27.7 Å². The van der Waals surface area contributed by atoms with E-state index in [-0.39, 0.29) is 11.8 Å². The summed E-state index contributed by atoms with van der Waals surface area (Å²) in [6.07, 6.45) is 1.13. The molecule has 0 aliphatic rings. The molecule has 0 spiro atoms. The summed E-state index contributed by atoms with van der Waals surface area (Å²) in [7, 11) is 0. The third kappa shape index (κ3) is 5.88. The van der Waals surface area contributed by atoms with Crippen LogP contribution >= 0.6 is 0 Å². The number of carbonyl (C=O) groups is 2. The Morgan fingerprint density at radius 1 is 1.27 bits per heavy atom. The first-order chi connectivity index (χ1) is 6.84. The molecule has 0 saturated carbocycles. The number of esters is 1. The number of rotatable bonds is 5. The smallest absolute Gasteiger partial charge is 0.334 e. The number of carbonyl (C=O) groups excluding carboxylic acids is 2. The number of amides is 1. The Balaban J connectivity index is 4.51. The first-order valence-electron chi connectivity index (χ1n) is 5.02. The summed E-state index contributed by atoms with van der Waals surface area (Å²) in [6.45, 7) is 7.86. The lowest BCUT2D eigenvalue weighted by atomic mass is 10.0. The Morgan fingerprint density at radius 2 is 1.80 bits per heavy atom. The van der Waals surface area contributed by atoms with Crippen LogP contribution < -0.4 is 5.73 Å². The lowest BCUT2D eigenvalue weighted by Gasteiger charge is -2.11. The Bertz CT molecular complexity index is 267. The monoisotopic (exact) mass is 213 g/mol. The zero-order chi connectivity index (χ0) is 12.0. The number of primary amides is 1. The van der Waals surface area contributed by atoms with Gasteiger partial charge in [-0.1, -0.05) is 27.7 Å². The molecule has 0 bridgehead atoms. The van der Waals surface area contributed by atoms with E-state index >= 15 is 0 Å². The van der Waals surface area contributed by atoms with Crippen molar-refractivity contribution in [3.8, 4) is 0 Å². The second-order valence-corrected chi connectivity index (χ2v) is 4.15. The van der Waals surface area contributed by atoms with Crippen molar-refractivity contribution < 1.29 is 14.3 Å². The molecule has 2 N–H and O–H groups in total. The van der Waals surface area contributed by atoms with Crippen molar-refractivity contribution in [3.05, 3.63) is 11.6 Å². The summed E-state index contributed by atoms with van der Waals surface area (Å²) in [5.74, 6) is -0.884. The summed E-state index contributed by atoms with van der Waals surface area (Å²) in [5.41, 5.74) is 5.32. The Kier molecular flexibility index (Phi) is 5.67. The van der Waals surface area contributed by atoms with Gasteiger partial charge in [0.2, 0.25) is 5.91 Å². The summed E-state index contributed by atoms with van der Waals surface area (Å²) >= 11 is 0. The van der Waals surface area contributed by atoms with Gasteiger partial charge in [0.15, 0.2) is 0 Å². The molecule has 0 unspecified atom stereocenters. The van der Waals surface area contributed by atoms with Crippen LogP contribution in [0.25, 0.3) is 0 Å². The van der Waals surface area contributed by atoms with Crippen LogP contribution in [0.3, 0.4) is 0 Å². The molecule has 0 heterocycles. The Hall–Kier alpha value is -1.32. The standard InChI is InChI=1S/C11H19NO3/c1-7(2)6-15-11(14)9(8(3)4)5-10(12)13/h5,7-8H,6H2,1-4H3,(H2,12,13)/b9-5-. The lowest BCUT2D eigenvalue weighted by molar-refractivity contribution is -0.140. The van der Waals surface area contributed by atoms with E-state index in [1.54, 1.807) is 0 Å². The van der Waals surface area contributed by atoms with Gasteiger partial charge in [-0.3, -0.25) is 4.79 Å². The van der Waals surface area contributed by atoms with Crippen molar-refractivity contribution in [2.24, 2.45) is 17.6 Å². The molecular formula is C11H19NO3. The summed E-state index contributed by atoms with van der Waals surface area (Å²) in [5, 5.41) is 0. The molecule has 0 aromatic rings. The molecule has 0 fully saturated rings. The maximum absolute atomic E-state index is 11.5. The van der Waals surface area contributed by atoms with Crippen LogP contribution in [0.2, 0.25) is 0 Å². The minimum atomic E-state index is -0.625. The number of hydrogen-bond donors (Lipinski definition) is 1. The number of hydrogen-bond acceptors (Lipinski definition) is 3. The molecule has 4 heteroatoms. The zero-order valence-electron chi connectivity index (χ0n) is 9.74. The molecule has 4 nitrogen and oxygen atoms in total. The fraction of sp³-hybridized carbons (Fsp3) is 0.636. The molecule has 0 aromatic carbocycles. The van der Waals surface area contributed by atoms with Gasteiger partial charge in [-0.2, -0.15) is 0 Å². The van der Waals surface area contributed by atoms with E-state index in [1.165, 1.54) is 0 Å². The Labute approximate surface area is 90.5 Å². The van der Waals surface area contributed by atoms with Crippen LogP contribution in [-0.4, -0.2) is 18.5 Å². The van der Waals surface area contributed by atoms with Crippen LogP contribution in [-0.2, 0) is 14.3 Å². The maximum Gasteiger partial charge on any atom is 0.334 e. The van der Waals surface area contributed by atoms with Gasteiger partial charge in [0, 0.05) is 11.6 Å². The molecule has 0 aliphatic heterocycles. The van der Waals surface area contributed by atoms with E-state index in [4.69, 9.17) is 10.5 Å². The summed E-state index contributed by atoms with van der Waals surface area (Å²) < 4.78 is 5.01. The van der Waals surface area contributed by atoms with Gasteiger partial charge in [-0.25, -0.2) is 4.79 Å². The van der Waals surface area contributed by atoms with Gasteiger partial charge in [0.05, 0.1) is 6.61 Å². The normalized spacial score (nSPS) is 12.0. The van der Waals surface area contributed by atoms with Crippen LogP contribution in [0.1, 0.15) is 27.7 Å². The largest absolute Gasteiger partial charge is 0.462 e. The molecular weight excluding hydrogens is 194 g/mol. The maximum atomic E-state index is 11.5. The molecule has 86 valence electrons. The highest BCUT2D eigenvalue weighted by Gasteiger charge is 2.16. The molecule has 0 aliphatic carbocycles.